The molecule has 0 spiro atoms. The predicted octanol–water partition coefficient (Wildman–Crippen LogP) is 2.96. The number of nitrogens with zero attached hydrogens (tertiary/aromatic N) is 6. The molecule has 2 aromatic heterocycles. The molecule has 0 N–H and O–H groups in total. The highest BCUT2D eigenvalue weighted by molar-refractivity contribution is 7.88. The summed E-state index contributed by atoms with van der Waals surface area (Å²) in [6.07, 6.45) is 4.74. The van der Waals surface area contributed by atoms with Crippen molar-refractivity contribution in [1.82, 2.24) is 29.1 Å². The molecule has 0 radical (unpaired) electrons. The number of rotatable bonds is 7. The maximum atomic E-state index is 14.7. The molecular formula is C23H31FN6O3S. The second-order valence-electron chi connectivity index (χ2n) is 9.86. The zero-order valence-electron chi connectivity index (χ0n) is 19.8. The Balaban J connectivity index is 1.27. The van der Waals surface area contributed by atoms with Crippen LogP contribution in [0.4, 0.5) is 4.39 Å². The summed E-state index contributed by atoms with van der Waals surface area (Å²) in [5, 5.41) is 9.44. The standard InChI is InChI=1S/C23H31FN6O3S/c1-15(2)21-18-7-4-8-19(24)22(18)30(26-21)23-25-20(33-27-23)12-16-9-11-28(13-16)14-17-6-5-10-29(17)34(3,31)32/h4,7-8,15-17H,5-6,9-14H2,1-3H3/t16-,17-/m0/s1. The van der Waals surface area contributed by atoms with Gasteiger partial charge in [-0.25, -0.2) is 12.8 Å². The first-order chi connectivity index (χ1) is 16.2. The summed E-state index contributed by atoms with van der Waals surface area (Å²) in [7, 11) is -3.16. The van der Waals surface area contributed by atoms with Crippen molar-refractivity contribution in [3.8, 4) is 5.95 Å². The Morgan fingerprint density at radius 1 is 1.24 bits per heavy atom. The molecule has 3 aromatic rings. The summed E-state index contributed by atoms with van der Waals surface area (Å²) >= 11 is 0. The van der Waals surface area contributed by atoms with Crippen molar-refractivity contribution in [1.29, 1.82) is 0 Å². The Kier molecular flexibility index (Phi) is 6.19. The molecule has 1 aromatic carbocycles. The highest BCUT2D eigenvalue weighted by Crippen LogP contribution is 2.29. The normalized spacial score (nSPS) is 22.5. The van der Waals surface area contributed by atoms with Crippen LogP contribution >= 0.6 is 0 Å². The third-order valence-corrected chi connectivity index (χ3v) is 8.26. The molecule has 2 aliphatic heterocycles. The van der Waals surface area contributed by atoms with Crippen LogP contribution in [0.3, 0.4) is 0 Å². The van der Waals surface area contributed by atoms with E-state index in [1.165, 1.54) is 17.0 Å². The first-order valence-electron chi connectivity index (χ1n) is 11.9. The van der Waals surface area contributed by atoms with E-state index in [4.69, 9.17) is 4.52 Å². The van der Waals surface area contributed by atoms with Gasteiger partial charge in [0.05, 0.1) is 11.9 Å². The lowest BCUT2D eigenvalue weighted by Crippen LogP contribution is -2.42. The number of halogens is 1. The van der Waals surface area contributed by atoms with E-state index in [0.717, 1.165) is 50.0 Å². The zero-order chi connectivity index (χ0) is 24.0. The molecule has 2 fully saturated rings. The average Bonchev–Trinajstić information content (AvgIpc) is 3.54. The lowest BCUT2D eigenvalue weighted by Gasteiger charge is -2.26. The minimum absolute atomic E-state index is 0.0573. The van der Waals surface area contributed by atoms with Crippen LogP contribution in [0.25, 0.3) is 16.9 Å². The fourth-order valence-electron chi connectivity index (χ4n) is 5.35. The molecule has 2 aliphatic rings. The Morgan fingerprint density at radius 3 is 2.82 bits per heavy atom. The van der Waals surface area contributed by atoms with Gasteiger partial charge in [-0.05, 0) is 48.9 Å². The summed E-state index contributed by atoms with van der Waals surface area (Å²) < 4.78 is 47.3. The SMILES string of the molecule is CC(C)c1nn(-c2noc(C[C@@H]3CCN(C[C@@H]4CCCN4S(C)(=O)=O)C3)n2)c2c(F)cccc12. The zero-order valence-corrected chi connectivity index (χ0v) is 20.6. The van der Waals surface area contributed by atoms with Crippen LogP contribution in [0.15, 0.2) is 22.7 Å². The molecule has 0 amide bonds. The minimum atomic E-state index is -3.16. The molecule has 2 atom stereocenters. The van der Waals surface area contributed by atoms with Gasteiger partial charge >= 0.3 is 0 Å². The van der Waals surface area contributed by atoms with E-state index in [1.807, 2.05) is 19.9 Å². The van der Waals surface area contributed by atoms with Crippen molar-refractivity contribution in [2.75, 3.05) is 32.4 Å². The molecule has 184 valence electrons. The molecule has 9 nitrogen and oxygen atoms in total. The molecule has 4 heterocycles. The van der Waals surface area contributed by atoms with Crippen LogP contribution in [0.5, 0.6) is 0 Å². The Labute approximate surface area is 199 Å². The van der Waals surface area contributed by atoms with Crippen molar-refractivity contribution in [2.45, 2.75) is 51.5 Å². The fourth-order valence-corrected chi connectivity index (χ4v) is 6.53. The van der Waals surface area contributed by atoms with Crippen LogP contribution in [0.1, 0.15) is 50.6 Å². The summed E-state index contributed by atoms with van der Waals surface area (Å²) in [5.74, 6) is 0.844. The predicted molar refractivity (Wildman–Crippen MR) is 126 cm³/mol. The molecule has 0 unspecified atom stereocenters. The second kappa shape index (κ2) is 9.01. The van der Waals surface area contributed by atoms with Crippen LogP contribution < -0.4 is 0 Å². The number of benzene rings is 1. The molecule has 34 heavy (non-hydrogen) atoms. The molecule has 0 bridgehead atoms. The number of hydrogen-bond donors (Lipinski definition) is 0. The van der Waals surface area contributed by atoms with Crippen LogP contribution in [-0.2, 0) is 16.4 Å². The summed E-state index contributed by atoms with van der Waals surface area (Å²) in [5.41, 5.74) is 1.15. The van der Waals surface area contributed by atoms with E-state index in [0.29, 0.717) is 30.3 Å². The van der Waals surface area contributed by atoms with E-state index in [-0.39, 0.29) is 23.7 Å². The highest BCUT2D eigenvalue weighted by atomic mass is 32.2. The van der Waals surface area contributed by atoms with Gasteiger partial charge < -0.3 is 9.42 Å². The van der Waals surface area contributed by atoms with Gasteiger partial charge in [0, 0.05) is 37.5 Å². The first-order valence-corrected chi connectivity index (χ1v) is 13.7. The molecule has 0 saturated carbocycles. The first kappa shape index (κ1) is 23.4. The Bertz CT molecular complexity index is 1290. The summed E-state index contributed by atoms with van der Waals surface area (Å²) in [4.78, 5) is 6.87. The number of likely N-dealkylation sites (tertiary alicyclic amines) is 1. The van der Waals surface area contributed by atoms with Crippen molar-refractivity contribution in [2.24, 2.45) is 5.92 Å². The summed E-state index contributed by atoms with van der Waals surface area (Å²) in [6, 6.07) is 5.01. The third-order valence-electron chi connectivity index (χ3n) is 6.93. The number of hydrogen-bond acceptors (Lipinski definition) is 7. The van der Waals surface area contributed by atoms with Gasteiger partial charge in [0.15, 0.2) is 0 Å². The number of sulfonamides is 1. The van der Waals surface area contributed by atoms with Crippen molar-refractivity contribution >= 4 is 20.9 Å². The van der Waals surface area contributed by atoms with Crippen LogP contribution in [0, 0.1) is 11.7 Å². The lowest BCUT2D eigenvalue weighted by atomic mass is 10.1. The van der Waals surface area contributed by atoms with Crippen molar-refractivity contribution < 1.29 is 17.3 Å². The van der Waals surface area contributed by atoms with E-state index < -0.39 is 10.0 Å². The quantitative estimate of drug-likeness (QED) is 0.502. The largest absolute Gasteiger partial charge is 0.337 e. The monoisotopic (exact) mass is 490 g/mol. The number of aromatic nitrogens is 4. The molecule has 11 heteroatoms. The maximum absolute atomic E-state index is 14.7. The Hall–Kier alpha value is -2.37. The van der Waals surface area contributed by atoms with Gasteiger partial charge in [-0.1, -0.05) is 26.0 Å². The van der Waals surface area contributed by atoms with Gasteiger partial charge in [-0.3, -0.25) is 0 Å². The summed E-state index contributed by atoms with van der Waals surface area (Å²) in [6.45, 7) is 7.20. The van der Waals surface area contributed by atoms with Crippen molar-refractivity contribution in [3.63, 3.8) is 0 Å². The minimum Gasteiger partial charge on any atom is -0.337 e. The molecule has 2 saturated heterocycles. The van der Waals surface area contributed by atoms with E-state index in [1.54, 1.807) is 10.4 Å². The fraction of sp³-hybridized carbons (Fsp3) is 0.609. The van der Waals surface area contributed by atoms with Gasteiger partial charge in [-0.2, -0.15) is 19.1 Å². The van der Waals surface area contributed by atoms with Crippen molar-refractivity contribution in [3.05, 3.63) is 35.6 Å². The Morgan fingerprint density at radius 2 is 2.06 bits per heavy atom. The van der Waals surface area contributed by atoms with Crippen LogP contribution in [-0.4, -0.2) is 76.0 Å². The maximum Gasteiger partial charge on any atom is 0.291 e. The highest BCUT2D eigenvalue weighted by Gasteiger charge is 2.34. The lowest BCUT2D eigenvalue weighted by molar-refractivity contribution is 0.248. The van der Waals surface area contributed by atoms with E-state index in [2.05, 4.69) is 20.1 Å². The number of para-hydroxylation sites is 1. The molecule has 5 rings (SSSR count). The van der Waals surface area contributed by atoms with E-state index >= 15 is 0 Å². The molecular weight excluding hydrogens is 459 g/mol. The van der Waals surface area contributed by atoms with E-state index in [9.17, 15) is 12.8 Å². The van der Waals surface area contributed by atoms with Crippen LogP contribution in [0.2, 0.25) is 0 Å². The number of fused-ring (bicyclic) bond motifs is 1. The van der Waals surface area contributed by atoms with Gasteiger partial charge in [0.1, 0.15) is 11.3 Å². The second-order valence-corrected chi connectivity index (χ2v) is 11.8. The topological polar surface area (TPSA) is 97.4 Å². The third kappa shape index (κ3) is 4.48. The van der Waals surface area contributed by atoms with Gasteiger partial charge in [-0.15, -0.1) is 0 Å². The van der Waals surface area contributed by atoms with Gasteiger partial charge in [0.2, 0.25) is 15.9 Å². The molecule has 0 aliphatic carbocycles. The average molecular weight is 491 g/mol. The van der Waals surface area contributed by atoms with Gasteiger partial charge in [0.25, 0.3) is 5.95 Å². The smallest absolute Gasteiger partial charge is 0.291 e.